The van der Waals surface area contributed by atoms with Gasteiger partial charge in [-0.1, -0.05) is 57.8 Å². The van der Waals surface area contributed by atoms with Gasteiger partial charge < -0.3 is 10.1 Å². The molecule has 0 heterocycles. The van der Waals surface area contributed by atoms with Crippen LogP contribution in [0.5, 0.6) is 0 Å². The quantitative estimate of drug-likeness (QED) is 0.783. The van der Waals surface area contributed by atoms with E-state index in [4.69, 9.17) is 4.74 Å². The third-order valence-corrected chi connectivity index (χ3v) is 4.38. The molecule has 1 rings (SSSR count). The molecule has 0 radical (unpaired) electrons. The number of rotatable bonds is 5. The fraction of sp³-hybridized carbons (Fsp3) is 1.00. The molecule has 0 saturated heterocycles. The Morgan fingerprint density at radius 3 is 1.84 bits per heavy atom. The summed E-state index contributed by atoms with van der Waals surface area (Å²) in [5.74, 6) is 0. The molecule has 1 atom stereocenters. The maximum absolute atomic E-state index is 5.17. The maximum Gasteiger partial charge on any atom is 0.0476 e. The smallest absolute Gasteiger partial charge is 0.0476 e. The van der Waals surface area contributed by atoms with E-state index in [1.54, 1.807) is 7.11 Å². The highest BCUT2D eigenvalue weighted by atomic mass is 16.5. The van der Waals surface area contributed by atoms with Gasteiger partial charge in [0.15, 0.2) is 0 Å². The standard InChI is InChI=1S/C17H35NO/c1-16(14-15-19-2)18-17-12-10-8-6-4-3-5-7-9-11-13-17/h16-18H,3-15H2,1-2H3. The van der Waals surface area contributed by atoms with Crippen molar-refractivity contribution in [2.75, 3.05) is 13.7 Å². The van der Waals surface area contributed by atoms with Crippen LogP contribution in [0.1, 0.15) is 84.0 Å². The average molecular weight is 269 g/mol. The van der Waals surface area contributed by atoms with Gasteiger partial charge in [0, 0.05) is 25.8 Å². The molecule has 0 bridgehead atoms. The van der Waals surface area contributed by atoms with Crippen molar-refractivity contribution in [3.05, 3.63) is 0 Å². The first-order valence-electron chi connectivity index (χ1n) is 8.58. The molecule has 1 fully saturated rings. The molecule has 2 nitrogen and oxygen atoms in total. The minimum atomic E-state index is 0.595. The van der Waals surface area contributed by atoms with Gasteiger partial charge in [0.25, 0.3) is 0 Å². The zero-order valence-corrected chi connectivity index (χ0v) is 13.3. The fourth-order valence-electron chi connectivity index (χ4n) is 3.11. The van der Waals surface area contributed by atoms with E-state index in [0.717, 1.165) is 19.1 Å². The second-order valence-corrected chi connectivity index (χ2v) is 6.31. The van der Waals surface area contributed by atoms with E-state index in [2.05, 4.69) is 12.2 Å². The number of methoxy groups -OCH3 is 1. The summed E-state index contributed by atoms with van der Waals surface area (Å²) in [7, 11) is 1.79. The second kappa shape index (κ2) is 11.7. The van der Waals surface area contributed by atoms with Crippen LogP contribution in [-0.2, 0) is 4.74 Å². The lowest BCUT2D eigenvalue weighted by Gasteiger charge is -2.24. The Hall–Kier alpha value is -0.0800. The van der Waals surface area contributed by atoms with Crippen molar-refractivity contribution in [1.29, 1.82) is 0 Å². The summed E-state index contributed by atoms with van der Waals surface area (Å²) in [5.41, 5.74) is 0. The summed E-state index contributed by atoms with van der Waals surface area (Å²) in [4.78, 5) is 0. The van der Waals surface area contributed by atoms with Gasteiger partial charge in [0.2, 0.25) is 0 Å². The number of ether oxygens (including phenoxy) is 1. The van der Waals surface area contributed by atoms with Crippen LogP contribution >= 0.6 is 0 Å². The van der Waals surface area contributed by atoms with Crippen LogP contribution in [0.15, 0.2) is 0 Å². The number of hydrogen-bond donors (Lipinski definition) is 1. The lowest BCUT2D eigenvalue weighted by Crippen LogP contribution is -2.37. The Morgan fingerprint density at radius 1 is 0.895 bits per heavy atom. The molecule has 0 aliphatic heterocycles. The minimum Gasteiger partial charge on any atom is -0.385 e. The molecule has 0 aromatic rings. The topological polar surface area (TPSA) is 21.3 Å². The normalized spacial score (nSPS) is 22.4. The molecule has 1 N–H and O–H groups in total. The van der Waals surface area contributed by atoms with E-state index in [-0.39, 0.29) is 0 Å². The lowest BCUT2D eigenvalue weighted by atomic mass is 9.97. The molecular formula is C17H35NO. The van der Waals surface area contributed by atoms with Crippen LogP contribution in [-0.4, -0.2) is 25.8 Å². The second-order valence-electron chi connectivity index (χ2n) is 6.31. The molecule has 114 valence electrons. The predicted octanol–water partition coefficient (Wildman–Crippen LogP) is 4.67. The van der Waals surface area contributed by atoms with Gasteiger partial charge >= 0.3 is 0 Å². The first kappa shape index (κ1) is 17.0. The zero-order valence-electron chi connectivity index (χ0n) is 13.3. The first-order valence-corrected chi connectivity index (χ1v) is 8.58. The molecular weight excluding hydrogens is 234 g/mol. The summed E-state index contributed by atoms with van der Waals surface area (Å²) in [5, 5.41) is 3.83. The Bertz CT molecular complexity index is 184. The molecule has 1 unspecified atom stereocenters. The van der Waals surface area contributed by atoms with Crippen molar-refractivity contribution in [2.45, 2.75) is 96.1 Å². The van der Waals surface area contributed by atoms with Gasteiger partial charge in [-0.05, 0) is 26.2 Å². The van der Waals surface area contributed by atoms with Crippen molar-refractivity contribution in [3.63, 3.8) is 0 Å². The zero-order chi connectivity index (χ0) is 13.8. The van der Waals surface area contributed by atoms with E-state index < -0.39 is 0 Å². The van der Waals surface area contributed by atoms with E-state index in [0.29, 0.717) is 6.04 Å². The molecule has 2 heteroatoms. The third kappa shape index (κ3) is 9.45. The largest absolute Gasteiger partial charge is 0.385 e. The molecule has 1 aliphatic carbocycles. The van der Waals surface area contributed by atoms with Crippen LogP contribution in [0, 0.1) is 0 Å². The van der Waals surface area contributed by atoms with E-state index in [1.165, 1.54) is 70.6 Å². The highest BCUT2D eigenvalue weighted by molar-refractivity contribution is 4.72. The van der Waals surface area contributed by atoms with Gasteiger partial charge in [-0.25, -0.2) is 0 Å². The lowest BCUT2D eigenvalue weighted by molar-refractivity contribution is 0.181. The van der Waals surface area contributed by atoms with Crippen LogP contribution < -0.4 is 5.32 Å². The molecule has 0 spiro atoms. The van der Waals surface area contributed by atoms with E-state index in [9.17, 15) is 0 Å². The van der Waals surface area contributed by atoms with Crippen LogP contribution in [0.25, 0.3) is 0 Å². The van der Waals surface area contributed by atoms with Gasteiger partial charge in [-0.2, -0.15) is 0 Å². The van der Waals surface area contributed by atoms with Crippen molar-refractivity contribution in [3.8, 4) is 0 Å². The molecule has 19 heavy (non-hydrogen) atoms. The van der Waals surface area contributed by atoms with E-state index in [1.807, 2.05) is 0 Å². The van der Waals surface area contributed by atoms with Crippen molar-refractivity contribution >= 4 is 0 Å². The van der Waals surface area contributed by atoms with Crippen LogP contribution in [0.2, 0.25) is 0 Å². The van der Waals surface area contributed by atoms with Gasteiger partial charge in [-0.3, -0.25) is 0 Å². The number of hydrogen-bond acceptors (Lipinski definition) is 2. The Labute approximate surface area is 120 Å². The Kier molecular flexibility index (Phi) is 10.5. The Morgan fingerprint density at radius 2 is 1.37 bits per heavy atom. The maximum atomic E-state index is 5.17. The summed E-state index contributed by atoms with van der Waals surface area (Å²) in [6, 6.07) is 1.34. The van der Waals surface area contributed by atoms with Gasteiger partial charge in [0.1, 0.15) is 0 Å². The first-order chi connectivity index (χ1) is 9.33. The number of nitrogens with one attached hydrogen (secondary N) is 1. The van der Waals surface area contributed by atoms with Crippen LogP contribution in [0.3, 0.4) is 0 Å². The molecule has 0 aromatic heterocycles. The predicted molar refractivity (Wildman–Crippen MR) is 83.7 cm³/mol. The van der Waals surface area contributed by atoms with Crippen molar-refractivity contribution in [1.82, 2.24) is 5.32 Å². The van der Waals surface area contributed by atoms with Crippen LogP contribution in [0.4, 0.5) is 0 Å². The summed E-state index contributed by atoms with van der Waals surface area (Å²) in [6.07, 6.45) is 16.9. The monoisotopic (exact) mass is 269 g/mol. The van der Waals surface area contributed by atoms with Gasteiger partial charge in [0.05, 0.1) is 0 Å². The molecule has 0 aromatic carbocycles. The van der Waals surface area contributed by atoms with Crippen molar-refractivity contribution in [2.24, 2.45) is 0 Å². The molecule has 0 amide bonds. The minimum absolute atomic E-state index is 0.595. The van der Waals surface area contributed by atoms with Gasteiger partial charge in [-0.15, -0.1) is 0 Å². The van der Waals surface area contributed by atoms with E-state index >= 15 is 0 Å². The Balaban J connectivity index is 2.25. The SMILES string of the molecule is COCCC(C)NC1CCCCCCCCCCC1. The van der Waals surface area contributed by atoms with Crippen molar-refractivity contribution < 1.29 is 4.74 Å². The average Bonchev–Trinajstić information content (AvgIpc) is 2.39. The fourth-order valence-corrected chi connectivity index (χ4v) is 3.11. The highest BCUT2D eigenvalue weighted by Crippen LogP contribution is 2.17. The summed E-state index contributed by atoms with van der Waals surface area (Å²) < 4.78 is 5.17. The summed E-state index contributed by atoms with van der Waals surface area (Å²) in [6.45, 7) is 3.18. The third-order valence-electron chi connectivity index (χ3n) is 4.38. The molecule has 1 aliphatic rings. The molecule has 1 saturated carbocycles. The highest BCUT2D eigenvalue weighted by Gasteiger charge is 2.12. The summed E-state index contributed by atoms with van der Waals surface area (Å²) >= 11 is 0.